The highest BCUT2D eigenvalue weighted by Crippen LogP contribution is 2.29. The minimum Gasteiger partial charge on any atom is -0.398 e. The van der Waals surface area contributed by atoms with Gasteiger partial charge in [0.15, 0.2) is 0 Å². The highest BCUT2D eigenvalue weighted by atomic mass is 79.9. The molecule has 0 atom stereocenters. The van der Waals surface area contributed by atoms with Crippen LogP contribution in [0, 0.1) is 6.92 Å². The van der Waals surface area contributed by atoms with Gasteiger partial charge in [-0.05, 0) is 58.7 Å². The van der Waals surface area contributed by atoms with Crippen LogP contribution in [0.15, 0.2) is 45.3 Å². The Balaban J connectivity index is 2.28. The molecule has 0 aromatic heterocycles. The average Bonchev–Trinajstić information content (AvgIpc) is 2.27. The van der Waals surface area contributed by atoms with E-state index in [4.69, 9.17) is 5.73 Å². The largest absolute Gasteiger partial charge is 0.398 e. The Kier molecular flexibility index (Phi) is 3.74. The fourth-order valence-corrected chi connectivity index (χ4v) is 2.61. The lowest BCUT2D eigenvalue weighted by atomic mass is 10.2. The van der Waals surface area contributed by atoms with Crippen molar-refractivity contribution in [2.75, 3.05) is 11.1 Å². The van der Waals surface area contributed by atoms with Crippen LogP contribution < -0.4 is 11.1 Å². The lowest BCUT2D eigenvalue weighted by Gasteiger charge is -2.10. The fraction of sp³-hybridized carbons (Fsp3) is 0.0769. The zero-order valence-corrected chi connectivity index (χ0v) is 12.5. The number of hydrogen-bond donors (Lipinski definition) is 2. The molecule has 88 valence electrons. The highest BCUT2D eigenvalue weighted by molar-refractivity contribution is 9.11. The van der Waals surface area contributed by atoms with Crippen molar-refractivity contribution in [3.05, 3.63) is 50.9 Å². The van der Waals surface area contributed by atoms with Crippen molar-refractivity contribution in [3.8, 4) is 0 Å². The molecule has 0 radical (unpaired) electrons. The summed E-state index contributed by atoms with van der Waals surface area (Å²) in [6.45, 7) is 1.99. The quantitative estimate of drug-likeness (QED) is 0.756. The molecule has 0 heterocycles. The van der Waals surface area contributed by atoms with Crippen LogP contribution in [0.25, 0.3) is 0 Å². The molecule has 4 heteroatoms. The third kappa shape index (κ3) is 3.01. The van der Waals surface area contributed by atoms with Crippen molar-refractivity contribution in [2.24, 2.45) is 0 Å². The van der Waals surface area contributed by atoms with Crippen LogP contribution in [-0.2, 0) is 0 Å². The second kappa shape index (κ2) is 5.10. The van der Waals surface area contributed by atoms with Gasteiger partial charge in [0.25, 0.3) is 0 Å². The number of halogens is 2. The van der Waals surface area contributed by atoms with Gasteiger partial charge in [0.05, 0.1) is 5.69 Å². The monoisotopic (exact) mass is 354 g/mol. The van der Waals surface area contributed by atoms with E-state index in [1.54, 1.807) is 0 Å². The number of benzene rings is 2. The van der Waals surface area contributed by atoms with E-state index >= 15 is 0 Å². The second-order valence-electron chi connectivity index (χ2n) is 3.82. The number of hydrogen-bond acceptors (Lipinski definition) is 2. The maximum Gasteiger partial charge on any atom is 0.0529 e. The van der Waals surface area contributed by atoms with Crippen LogP contribution in [0.3, 0.4) is 0 Å². The number of rotatable bonds is 2. The van der Waals surface area contributed by atoms with E-state index in [0.717, 1.165) is 31.6 Å². The molecule has 0 aliphatic heterocycles. The summed E-state index contributed by atoms with van der Waals surface area (Å²) in [5.74, 6) is 0. The van der Waals surface area contributed by atoms with Gasteiger partial charge in [-0.1, -0.05) is 22.0 Å². The number of nitrogen functional groups attached to an aromatic ring is 1. The van der Waals surface area contributed by atoms with Crippen LogP contribution in [0.2, 0.25) is 0 Å². The standard InChI is InChI=1S/C13H12Br2N2/c1-8-2-4-10(7-12(8)16)17-13-5-3-9(14)6-11(13)15/h2-7,17H,16H2,1H3. The van der Waals surface area contributed by atoms with Gasteiger partial charge in [-0.25, -0.2) is 0 Å². The van der Waals surface area contributed by atoms with E-state index in [9.17, 15) is 0 Å². The summed E-state index contributed by atoms with van der Waals surface area (Å²) in [4.78, 5) is 0. The molecule has 0 unspecified atom stereocenters. The van der Waals surface area contributed by atoms with Crippen molar-refractivity contribution >= 4 is 48.9 Å². The molecular weight excluding hydrogens is 344 g/mol. The summed E-state index contributed by atoms with van der Waals surface area (Å²) in [6, 6.07) is 11.9. The van der Waals surface area contributed by atoms with Gasteiger partial charge in [0.2, 0.25) is 0 Å². The Morgan fingerprint density at radius 2 is 1.82 bits per heavy atom. The third-order valence-corrected chi connectivity index (χ3v) is 3.64. The second-order valence-corrected chi connectivity index (χ2v) is 5.59. The average molecular weight is 356 g/mol. The molecule has 0 fully saturated rings. The first kappa shape index (κ1) is 12.5. The maximum absolute atomic E-state index is 5.88. The lowest BCUT2D eigenvalue weighted by Crippen LogP contribution is -1.95. The van der Waals surface area contributed by atoms with Crippen LogP contribution in [0.1, 0.15) is 5.56 Å². The minimum absolute atomic E-state index is 0.795. The first-order chi connectivity index (χ1) is 8.06. The normalized spacial score (nSPS) is 10.3. The molecule has 0 aliphatic carbocycles. The Morgan fingerprint density at radius 3 is 2.47 bits per heavy atom. The first-order valence-electron chi connectivity index (χ1n) is 5.14. The Labute approximate surface area is 117 Å². The van der Waals surface area contributed by atoms with Crippen molar-refractivity contribution in [3.63, 3.8) is 0 Å². The third-order valence-electron chi connectivity index (χ3n) is 2.49. The molecule has 0 saturated heterocycles. The zero-order valence-electron chi connectivity index (χ0n) is 9.30. The number of anilines is 3. The Morgan fingerprint density at radius 1 is 1.06 bits per heavy atom. The van der Waals surface area contributed by atoms with E-state index in [1.165, 1.54) is 0 Å². The van der Waals surface area contributed by atoms with Gasteiger partial charge < -0.3 is 11.1 Å². The predicted molar refractivity (Wildman–Crippen MR) is 80.7 cm³/mol. The predicted octanol–water partition coefficient (Wildman–Crippen LogP) is 4.85. The number of nitrogens with one attached hydrogen (secondary N) is 1. The minimum atomic E-state index is 0.795. The summed E-state index contributed by atoms with van der Waals surface area (Å²) < 4.78 is 2.05. The molecule has 0 saturated carbocycles. The number of aryl methyl sites for hydroxylation is 1. The summed E-state index contributed by atoms with van der Waals surface area (Å²) >= 11 is 6.94. The van der Waals surface area contributed by atoms with E-state index in [2.05, 4.69) is 37.2 Å². The molecule has 0 aliphatic rings. The van der Waals surface area contributed by atoms with Crippen molar-refractivity contribution in [2.45, 2.75) is 6.92 Å². The van der Waals surface area contributed by atoms with Gasteiger partial charge in [0.1, 0.15) is 0 Å². The molecule has 0 amide bonds. The summed E-state index contributed by atoms with van der Waals surface area (Å²) in [6.07, 6.45) is 0. The van der Waals surface area contributed by atoms with Crippen molar-refractivity contribution in [1.82, 2.24) is 0 Å². The maximum atomic E-state index is 5.88. The van der Waals surface area contributed by atoms with E-state index in [1.807, 2.05) is 43.3 Å². The Hall–Kier alpha value is -1.000. The van der Waals surface area contributed by atoms with Crippen molar-refractivity contribution in [1.29, 1.82) is 0 Å². The van der Waals surface area contributed by atoms with Crippen LogP contribution in [-0.4, -0.2) is 0 Å². The van der Waals surface area contributed by atoms with Gasteiger partial charge in [-0.2, -0.15) is 0 Å². The van der Waals surface area contributed by atoms with Crippen LogP contribution in [0.4, 0.5) is 17.1 Å². The molecule has 2 rings (SSSR count). The van der Waals surface area contributed by atoms with Crippen LogP contribution in [0.5, 0.6) is 0 Å². The lowest BCUT2D eigenvalue weighted by molar-refractivity contribution is 1.45. The highest BCUT2D eigenvalue weighted by Gasteiger charge is 2.02. The molecule has 2 aromatic rings. The van der Waals surface area contributed by atoms with E-state index in [-0.39, 0.29) is 0 Å². The van der Waals surface area contributed by atoms with Gasteiger partial charge >= 0.3 is 0 Å². The van der Waals surface area contributed by atoms with Gasteiger partial charge in [-0.15, -0.1) is 0 Å². The van der Waals surface area contributed by atoms with E-state index in [0.29, 0.717) is 0 Å². The summed E-state index contributed by atoms with van der Waals surface area (Å²) in [5.41, 5.74) is 9.75. The molecule has 2 nitrogen and oxygen atoms in total. The van der Waals surface area contributed by atoms with Gasteiger partial charge in [-0.3, -0.25) is 0 Å². The molecule has 2 aromatic carbocycles. The molecule has 3 N–H and O–H groups in total. The van der Waals surface area contributed by atoms with Crippen molar-refractivity contribution < 1.29 is 0 Å². The Bertz CT molecular complexity index is 553. The molecular formula is C13H12Br2N2. The SMILES string of the molecule is Cc1ccc(Nc2ccc(Br)cc2Br)cc1N. The topological polar surface area (TPSA) is 38.0 Å². The number of nitrogens with two attached hydrogens (primary N) is 1. The smallest absolute Gasteiger partial charge is 0.0529 e. The summed E-state index contributed by atoms with van der Waals surface area (Å²) in [5, 5.41) is 3.32. The van der Waals surface area contributed by atoms with Gasteiger partial charge in [0, 0.05) is 20.3 Å². The van der Waals surface area contributed by atoms with Crippen LogP contribution >= 0.6 is 31.9 Å². The fourth-order valence-electron chi connectivity index (χ4n) is 1.46. The molecule has 0 spiro atoms. The first-order valence-corrected chi connectivity index (χ1v) is 6.73. The zero-order chi connectivity index (χ0) is 12.4. The summed E-state index contributed by atoms with van der Waals surface area (Å²) in [7, 11) is 0. The van der Waals surface area contributed by atoms with E-state index < -0.39 is 0 Å². The molecule has 0 bridgehead atoms. The molecule has 17 heavy (non-hydrogen) atoms.